The minimum Gasteiger partial charge on any atom is -0.478 e. The number of nitrogens with one attached hydrogen (secondary N) is 1. The van der Waals surface area contributed by atoms with Gasteiger partial charge in [-0.15, -0.1) is 0 Å². The summed E-state index contributed by atoms with van der Waals surface area (Å²) < 4.78 is 0. The van der Waals surface area contributed by atoms with Crippen molar-refractivity contribution in [1.29, 1.82) is 5.26 Å². The van der Waals surface area contributed by atoms with Crippen LogP contribution in [0.25, 0.3) is 28.3 Å². The fourth-order valence-corrected chi connectivity index (χ4v) is 4.92. The second kappa shape index (κ2) is 10.7. The van der Waals surface area contributed by atoms with Crippen LogP contribution in [0, 0.1) is 17.2 Å². The number of benzene rings is 3. The lowest BCUT2D eigenvalue weighted by Crippen LogP contribution is -2.16. The van der Waals surface area contributed by atoms with E-state index in [1.165, 1.54) is 0 Å². The number of carbonyl (C=O) groups is 1. The fourth-order valence-electron chi connectivity index (χ4n) is 4.74. The molecule has 1 aromatic heterocycles. The number of hydrogen-bond donors (Lipinski definition) is 2. The Labute approximate surface area is 220 Å². The van der Waals surface area contributed by atoms with Crippen molar-refractivity contribution >= 4 is 34.8 Å². The van der Waals surface area contributed by atoms with Gasteiger partial charge in [-0.1, -0.05) is 72.6 Å². The van der Waals surface area contributed by atoms with Crippen molar-refractivity contribution in [3.05, 3.63) is 118 Å². The maximum absolute atomic E-state index is 11.0. The van der Waals surface area contributed by atoms with Crippen LogP contribution in [0.3, 0.4) is 0 Å². The van der Waals surface area contributed by atoms with Crippen LogP contribution >= 0.6 is 11.6 Å². The molecule has 0 aliphatic heterocycles. The molecule has 1 aliphatic rings. The van der Waals surface area contributed by atoms with E-state index in [1.807, 2.05) is 42.6 Å². The molecule has 182 valence electrons. The molecule has 4 aromatic rings. The molecule has 3 aromatic carbocycles. The molecule has 5 rings (SSSR count). The van der Waals surface area contributed by atoms with E-state index in [1.54, 1.807) is 18.3 Å². The number of nitriles is 1. The molecule has 0 atom stereocenters. The lowest BCUT2D eigenvalue weighted by molar-refractivity contribution is -0.131. The molecular weight excluding hydrogens is 482 g/mol. The number of aromatic nitrogens is 2. The minimum absolute atomic E-state index is 0.323. The quantitative estimate of drug-likeness (QED) is 0.201. The third kappa shape index (κ3) is 5.25. The van der Waals surface area contributed by atoms with Crippen LogP contribution in [0.1, 0.15) is 47.1 Å². The van der Waals surface area contributed by atoms with Gasteiger partial charge in [0, 0.05) is 22.9 Å². The number of hydrogen-bond acceptors (Lipinski definition) is 3. The molecule has 1 aliphatic carbocycles. The van der Waals surface area contributed by atoms with E-state index < -0.39 is 5.97 Å². The van der Waals surface area contributed by atoms with Crippen molar-refractivity contribution in [1.82, 2.24) is 10.2 Å². The normalized spacial score (nSPS) is 14.2. The summed E-state index contributed by atoms with van der Waals surface area (Å²) in [7, 11) is 0. The minimum atomic E-state index is -0.985. The molecule has 0 unspecified atom stereocenters. The average molecular weight is 506 g/mol. The zero-order valence-corrected chi connectivity index (χ0v) is 20.7. The van der Waals surface area contributed by atoms with E-state index in [-0.39, 0.29) is 0 Å². The number of halogens is 1. The number of allylic oxidation sites excluding steroid dienone is 1. The van der Waals surface area contributed by atoms with E-state index in [4.69, 9.17) is 16.7 Å². The molecule has 5 nitrogen and oxygen atoms in total. The number of aliphatic carboxylic acids is 1. The second-order valence-electron chi connectivity index (χ2n) is 9.08. The van der Waals surface area contributed by atoms with Crippen molar-refractivity contribution in [3.8, 4) is 17.2 Å². The Balaban J connectivity index is 1.71. The number of H-pyrrole nitrogens is 1. The highest BCUT2D eigenvalue weighted by molar-refractivity contribution is 6.30. The highest BCUT2D eigenvalue weighted by atomic mass is 35.5. The Morgan fingerprint density at radius 3 is 2.30 bits per heavy atom. The SMILES string of the molecule is N#Cc1cc(Cl)ccc1/C(=C(\c1ccc(/C=C/C(=O)O)cc1)c1ccc(-c2cn[nH]c2)cc1)C1CCC1. The number of nitrogens with zero attached hydrogens (tertiary/aromatic N) is 2. The molecule has 0 bridgehead atoms. The van der Waals surface area contributed by atoms with Crippen LogP contribution < -0.4 is 0 Å². The molecule has 37 heavy (non-hydrogen) atoms. The van der Waals surface area contributed by atoms with Crippen molar-refractivity contribution in [2.24, 2.45) is 5.92 Å². The largest absolute Gasteiger partial charge is 0.478 e. The summed E-state index contributed by atoms with van der Waals surface area (Å²) in [6.07, 6.45) is 9.62. The van der Waals surface area contributed by atoms with Gasteiger partial charge >= 0.3 is 5.97 Å². The number of carboxylic acids is 1. The molecule has 1 saturated carbocycles. The fraction of sp³-hybridized carbons (Fsp3) is 0.129. The molecule has 0 spiro atoms. The second-order valence-corrected chi connectivity index (χ2v) is 9.51. The summed E-state index contributed by atoms with van der Waals surface area (Å²) >= 11 is 6.25. The molecular formula is C31H24ClN3O2. The highest BCUT2D eigenvalue weighted by Gasteiger charge is 2.28. The van der Waals surface area contributed by atoms with Crippen LogP contribution in [0.2, 0.25) is 5.02 Å². The highest BCUT2D eigenvalue weighted by Crippen LogP contribution is 2.46. The Hall–Kier alpha value is -4.40. The maximum atomic E-state index is 11.0. The maximum Gasteiger partial charge on any atom is 0.328 e. The van der Waals surface area contributed by atoms with Gasteiger partial charge in [-0.05, 0) is 75.9 Å². The van der Waals surface area contributed by atoms with Gasteiger partial charge in [-0.25, -0.2) is 4.79 Å². The topological polar surface area (TPSA) is 89.8 Å². The third-order valence-electron chi connectivity index (χ3n) is 6.80. The van der Waals surface area contributed by atoms with Gasteiger partial charge in [0.15, 0.2) is 0 Å². The van der Waals surface area contributed by atoms with Crippen molar-refractivity contribution < 1.29 is 9.90 Å². The van der Waals surface area contributed by atoms with Crippen LogP contribution in [0.5, 0.6) is 0 Å². The van der Waals surface area contributed by atoms with Crippen LogP contribution in [-0.4, -0.2) is 21.3 Å². The number of aromatic amines is 1. The summed E-state index contributed by atoms with van der Waals surface area (Å²) in [4.78, 5) is 11.0. The smallest absolute Gasteiger partial charge is 0.328 e. The lowest BCUT2D eigenvalue weighted by Gasteiger charge is -2.32. The van der Waals surface area contributed by atoms with Gasteiger partial charge < -0.3 is 5.11 Å². The average Bonchev–Trinajstić information content (AvgIpc) is 3.42. The van der Waals surface area contributed by atoms with E-state index in [2.05, 4.69) is 40.5 Å². The van der Waals surface area contributed by atoms with Gasteiger partial charge in [-0.3, -0.25) is 5.10 Å². The summed E-state index contributed by atoms with van der Waals surface area (Å²) in [6.45, 7) is 0. The van der Waals surface area contributed by atoms with Gasteiger partial charge in [0.25, 0.3) is 0 Å². The monoisotopic (exact) mass is 505 g/mol. The molecule has 1 heterocycles. The Morgan fingerprint density at radius 1 is 1.03 bits per heavy atom. The van der Waals surface area contributed by atoms with Crippen LogP contribution in [-0.2, 0) is 4.79 Å². The van der Waals surface area contributed by atoms with Crippen molar-refractivity contribution in [3.63, 3.8) is 0 Å². The van der Waals surface area contributed by atoms with Gasteiger partial charge in [-0.2, -0.15) is 10.4 Å². The first-order chi connectivity index (χ1) is 18.0. The van der Waals surface area contributed by atoms with Crippen LogP contribution in [0.15, 0.2) is 85.2 Å². The zero-order valence-electron chi connectivity index (χ0n) is 20.0. The summed E-state index contributed by atoms with van der Waals surface area (Å²) in [6, 6.07) is 24.1. The summed E-state index contributed by atoms with van der Waals surface area (Å²) in [5.41, 5.74) is 8.58. The summed E-state index contributed by atoms with van der Waals surface area (Å²) in [5, 5.41) is 26.4. The van der Waals surface area contributed by atoms with Crippen molar-refractivity contribution in [2.45, 2.75) is 19.3 Å². The summed E-state index contributed by atoms with van der Waals surface area (Å²) in [5.74, 6) is -0.662. The number of carboxylic acid groups (broad SMARTS) is 1. The van der Waals surface area contributed by atoms with E-state index in [0.29, 0.717) is 16.5 Å². The number of rotatable bonds is 7. The first kappa shape index (κ1) is 24.3. The molecule has 6 heteroatoms. The Kier molecular flexibility index (Phi) is 7.02. The Bertz CT molecular complexity index is 1520. The van der Waals surface area contributed by atoms with E-state index in [9.17, 15) is 10.1 Å². The van der Waals surface area contributed by atoms with E-state index >= 15 is 0 Å². The van der Waals surface area contributed by atoms with Gasteiger partial charge in [0.1, 0.15) is 0 Å². The molecule has 0 amide bonds. The Morgan fingerprint density at radius 2 is 1.73 bits per heavy atom. The molecule has 2 N–H and O–H groups in total. The molecule has 0 radical (unpaired) electrons. The standard InChI is InChI=1S/C31H24ClN3O2/c32-27-13-14-28(25(16-27)17-33)31(22-2-1-3-22)30(23-7-4-20(5-8-23)6-15-29(36)37)24-11-9-21(10-12-24)26-18-34-35-19-26/h4-16,18-19,22H,1-3H2,(H,34,35)(H,36,37)/b15-6+,31-30+. The van der Waals surface area contributed by atoms with Crippen molar-refractivity contribution in [2.75, 3.05) is 0 Å². The zero-order chi connectivity index (χ0) is 25.8. The predicted octanol–water partition coefficient (Wildman–Crippen LogP) is 7.46. The van der Waals surface area contributed by atoms with E-state index in [0.717, 1.165) is 69.9 Å². The van der Waals surface area contributed by atoms with Gasteiger partial charge in [0.05, 0.1) is 17.8 Å². The first-order valence-electron chi connectivity index (χ1n) is 12.1. The molecule has 0 saturated heterocycles. The third-order valence-corrected chi connectivity index (χ3v) is 7.03. The first-order valence-corrected chi connectivity index (χ1v) is 12.5. The lowest BCUT2D eigenvalue weighted by atomic mass is 9.72. The van der Waals surface area contributed by atoms with Crippen LogP contribution in [0.4, 0.5) is 0 Å². The predicted molar refractivity (Wildman–Crippen MR) is 147 cm³/mol. The molecule has 1 fully saturated rings. The van der Waals surface area contributed by atoms with Gasteiger partial charge in [0.2, 0.25) is 0 Å².